The molecule has 1 saturated heterocycles. The van der Waals surface area contributed by atoms with E-state index < -0.39 is 0 Å². The van der Waals surface area contributed by atoms with Crippen LogP contribution in [0.25, 0.3) is 0 Å². The minimum absolute atomic E-state index is 0.126. The first-order valence-corrected chi connectivity index (χ1v) is 3.11. The highest BCUT2D eigenvalue weighted by Gasteiger charge is 2.37. The summed E-state index contributed by atoms with van der Waals surface area (Å²) in [5.74, 6) is 0. The molecule has 2 atom stereocenters. The number of nitriles is 1. The van der Waals surface area contributed by atoms with Crippen molar-refractivity contribution in [1.29, 1.82) is 5.26 Å². The highest BCUT2D eigenvalue weighted by molar-refractivity contribution is 9.09. The van der Waals surface area contributed by atoms with Crippen LogP contribution in [-0.2, 0) is 4.74 Å². The Hall–Kier alpha value is -0.0700. The Labute approximate surface area is 50.2 Å². The zero-order chi connectivity index (χ0) is 5.28. The van der Waals surface area contributed by atoms with Crippen LogP contribution < -0.4 is 0 Å². The van der Waals surface area contributed by atoms with E-state index in [1.165, 1.54) is 0 Å². The van der Waals surface area contributed by atoms with Crippen LogP contribution in [0.1, 0.15) is 0 Å². The molecule has 38 valence electrons. The van der Waals surface area contributed by atoms with Crippen LogP contribution in [0.4, 0.5) is 0 Å². The summed E-state index contributed by atoms with van der Waals surface area (Å²) in [5.41, 5.74) is 0. The quantitative estimate of drug-likeness (QED) is 0.419. The van der Waals surface area contributed by atoms with E-state index >= 15 is 0 Å². The van der Waals surface area contributed by atoms with Crippen molar-refractivity contribution in [3.05, 3.63) is 0 Å². The molecule has 1 aliphatic heterocycles. The highest BCUT2D eigenvalue weighted by atomic mass is 79.9. The molecule has 7 heavy (non-hydrogen) atoms. The maximum Gasteiger partial charge on any atom is 0.171 e. The molecule has 1 rings (SSSR count). The molecular formula is C4H4BrNO. The topological polar surface area (TPSA) is 36.3 Å². The van der Waals surface area contributed by atoms with Crippen LogP contribution in [0, 0.1) is 11.3 Å². The molecule has 0 aromatic carbocycles. The third kappa shape index (κ3) is 0.929. The van der Waals surface area contributed by atoms with E-state index in [0.29, 0.717) is 0 Å². The highest BCUT2D eigenvalue weighted by Crippen LogP contribution is 2.21. The van der Waals surface area contributed by atoms with Crippen LogP contribution >= 0.6 is 15.9 Å². The Kier molecular flexibility index (Phi) is 1.31. The average Bonchev–Trinajstić information content (AvgIpc) is 2.43. The van der Waals surface area contributed by atoms with E-state index in [1.54, 1.807) is 0 Å². The number of ether oxygens (including phenoxy) is 1. The van der Waals surface area contributed by atoms with E-state index in [1.807, 2.05) is 6.07 Å². The molecule has 1 heterocycles. The molecular weight excluding hydrogens is 158 g/mol. The molecule has 0 bridgehead atoms. The van der Waals surface area contributed by atoms with Gasteiger partial charge in [0.15, 0.2) is 6.10 Å². The lowest BCUT2D eigenvalue weighted by Gasteiger charge is -1.69. The van der Waals surface area contributed by atoms with Crippen molar-refractivity contribution in [3.8, 4) is 6.07 Å². The maximum absolute atomic E-state index is 8.11. The molecule has 0 saturated carbocycles. The van der Waals surface area contributed by atoms with Gasteiger partial charge in [0.2, 0.25) is 0 Å². The Bertz CT molecular complexity index is 109. The predicted octanol–water partition coefficient (Wildman–Crippen LogP) is 0.672. The van der Waals surface area contributed by atoms with E-state index in [9.17, 15) is 0 Å². The molecule has 0 aromatic heterocycles. The van der Waals surface area contributed by atoms with Gasteiger partial charge in [-0.3, -0.25) is 0 Å². The van der Waals surface area contributed by atoms with Crippen molar-refractivity contribution in [1.82, 2.24) is 0 Å². The van der Waals surface area contributed by atoms with Gasteiger partial charge < -0.3 is 4.74 Å². The van der Waals surface area contributed by atoms with Crippen molar-refractivity contribution in [2.45, 2.75) is 12.2 Å². The molecule has 0 aromatic rings. The first kappa shape index (κ1) is 5.07. The van der Waals surface area contributed by atoms with Crippen molar-refractivity contribution < 1.29 is 4.74 Å². The summed E-state index contributed by atoms with van der Waals surface area (Å²) in [5, 5.41) is 8.89. The lowest BCUT2D eigenvalue weighted by Crippen LogP contribution is -1.88. The summed E-state index contributed by atoms with van der Waals surface area (Å²) in [4.78, 5) is 0. The second-order valence-corrected chi connectivity index (χ2v) is 2.03. The van der Waals surface area contributed by atoms with E-state index in [2.05, 4.69) is 15.9 Å². The fraction of sp³-hybridized carbons (Fsp3) is 0.750. The average molecular weight is 162 g/mol. The van der Waals surface area contributed by atoms with E-state index in [-0.39, 0.29) is 12.2 Å². The second-order valence-electron chi connectivity index (χ2n) is 1.38. The fourth-order valence-electron chi connectivity index (χ4n) is 0.374. The largest absolute Gasteiger partial charge is 0.353 e. The van der Waals surface area contributed by atoms with E-state index in [0.717, 1.165) is 5.33 Å². The molecule has 0 radical (unpaired) electrons. The smallest absolute Gasteiger partial charge is 0.171 e. The van der Waals surface area contributed by atoms with Gasteiger partial charge in [-0.05, 0) is 0 Å². The summed E-state index contributed by atoms with van der Waals surface area (Å²) >= 11 is 3.18. The SMILES string of the molecule is N#C[C@@H]1O[C@@H]1CBr. The Morgan fingerprint density at radius 1 is 1.86 bits per heavy atom. The summed E-state index contributed by atoms with van der Waals surface area (Å²) in [6.07, 6.45) is 0.0457. The van der Waals surface area contributed by atoms with E-state index in [4.69, 9.17) is 10.00 Å². The van der Waals surface area contributed by atoms with Gasteiger partial charge in [0.1, 0.15) is 6.10 Å². The number of alkyl halides is 1. The van der Waals surface area contributed by atoms with Crippen LogP contribution in [0.15, 0.2) is 0 Å². The third-order valence-corrected chi connectivity index (χ3v) is 1.50. The Balaban J connectivity index is 2.21. The van der Waals surface area contributed by atoms with Crippen molar-refractivity contribution in [2.75, 3.05) is 5.33 Å². The molecule has 0 aliphatic carbocycles. The van der Waals surface area contributed by atoms with Crippen molar-refractivity contribution >= 4 is 15.9 Å². The first-order valence-electron chi connectivity index (χ1n) is 1.99. The lowest BCUT2D eigenvalue weighted by molar-refractivity contribution is 0.405. The van der Waals surface area contributed by atoms with Crippen LogP contribution in [-0.4, -0.2) is 17.5 Å². The number of halogens is 1. The zero-order valence-electron chi connectivity index (χ0n) is 3.60. The molecule has 1 fully saturated rings. The predicted molar refractivity (Wildman–Crippen MR) is 28.1 cm³/mol. The summed E-state index contributed by atoms with van der Waals surface area (Å²) in [7, 11) is 0. The number of hydrogen-bond acceptors (Lipinski definition) is 2. The minimum Gasteiger partial charge on any atom is -0.353 e. The summed E-state index contributed by atoms with van der Waals surface area (Å²) in [6, 6.07) is 1.99. The first-order chi connectivity index (χ1) is 3.38. The number of nitrogens with zero attached hydrogens (tertiary/aromatic N) is 1. The normalized spacial score (nSPS) is 37.1. The van der Waals surface area contributed by atoms with Gasteiger partial charge in [-0.2, -0.15) is 5.26 Å². The van der Waals surface area contributed by atoms with Gasteiger partial charge in [0.05, 0.1) is 6.07 Å². The molecule has 0 N–H and O–H groups in total. The van der Waals surface area contributed by atoms with Gasteiger partial charge in [0.25, 0.3) is 0 Å². The number of epoxide rings is 1. The summed E-state index contributed by atoms with van der Waals surface area (Å²) < 4.78 is 4.81. The molecule has 2 nitrogen and oxygen atoms in total. The van der Waals surface area contributed by atoms with Gasteiger partial charge in [-0.15, -0.1) is 0 Å². The Morgan fingerprint density at radius 2 is 2.57 bits per heavy atom. The van der Waals surface area contributed by atoms with Gasteiger partial charge in [-0.1, -0.05) is 15.9 Å². The van der Waals surface area contributed by atoms with Gasteiger partial charge in [0, 0.05) is 5.33 Å². The Morgan fingerprint density at radius 3 is 2.71 bits per heavy atom. The zero-order valence-corrected chi connectivity index (χ0v) is 5.18. The van der Waals surface area contributed by atoms with Gasteiger partial charge in [-0.25, -0.2) is 0 Å². The third-order valence-electron chi connectivity index (χ3n) is 0.862. The second kappa shape index (κ2) is 1.81. The standard InChI is InChI=1S/C4H4BrNO/c5-1-3-4(2-6)7-3/h3-4H,1H2/t3-,4+/m1/s1. The number of rotatable bonds is 1. The van der Waals surface area contributed by atoms with Gasteiger partial charge >= 0.3 is 0 Å². The van der Waals surface area contributed by atoms with Crippen LogP contribution in [0.5, 0.6) is 0 Å². The summed E-state index contributed by atoms with van der Waals surface area (Å²) in [6.45, 7) is 0. The van der Waals surface area contributed by atoms with Crippen molar-refractivity contribution in [3.63, 3.8) is 0 Å². The lowest BCUT2D eigenvalue weighted by atomic mass is 10.4. The maximum atomic E-state index is 8.11. The molecule has 1 aliphatic rings. The molecule has 0 amide bonds. The fourth-order valence-corrected chi connectivity index (χ4v) is 0.866. The van der Waals surface area contributed by atoms with Crippen LogP contribution in [0.3, 0.4) is 0 Å². The molecule has 0 unspecified atom stereocenters. The van der Waals surface area contributed by atoms with Crippen molar-refractivity contribution in [2.24, 2.45) is 0 Å². The minimum atomic E-state index is -0.126. The monoisotopic (exact) mass is 161 g/mol. The molecule has 0 spiro atoms. The molecule has 3 heteroatoms. The number of hydrogen-bond donors (Lipinski definition) is 0. The van der Waals surface area contributed by atoms with Crippen LogP contribution in [0.2, 0.25) is 0 Å².